The minimum atomic E-state index is -0.126. The summed E-state index contributed by atoms with van der Waals surface area (Å²) < 4.78 is 0. The summed E-state index contributed by atoms with van der Waals surface area (Å²) in [4.78, 5) is 40.8. The summed E-state index contributed by atoms with van der Waals surface area (Å²) in [7, 11) is 0. The highest BCUT2D eigenvalue weighted by molar-refractivity contribution is 5.78. The van der Waals surface area contributed by atoms with Crippen LogP contribution < -0.4 is 5.56 Å². The highest BCUT2D eigenvalue weighted by Gasteiger charge is 2.26. The van der Waals surface area contributed by atoms with Crippen molar-refractivity contribution in [3.63, 3.8) is 0 Å². The molecule has 7 heteroatoms. The first-order chi connectivity index (χ1) is 12.7. The van der Waals surface area contributed by atoms with Gasteiger partial charge in [0.1, 0.15) is 5.69 Å². The van der Waals surface area contributed by atoms with Crippen LogP contribution >= 0.6 is 0 Å². The van der Waals surface area contributed by atoms with E-state index in [1.807, 2.05) is 23.1 Å². The lowest BCUT2D eigenvalue weighted by Gasteiger charge is -2.31. The Morgan fingerprint density at radius 1 is 1.15 bits per heavy atom. The second-order valence-electron chi connectivity index (χ2n) is 6.96. The predicted octanol–water partition coefficient (Wildman–Crippen LogP) is 1.20. The maximum Gasteiger partial charge on any atom is 0.254 e. The second kappa shape index (κ2) is 7.37. The van der Waals surface area contributed by atoms with Gasteiger partial charge in [-0.3, -0.25) is 19.5 Å². The third-order valence-corrected chi connectivity index (χ3v) is 5.14. The van der Waals surface area contributed by atoms with Gasteiger partial charge in [-0.2, -0.15) is 0 Å². The van der Waals surface area contributed by atoms with Gasteiger partial charge >= 0.3 is 0 Å². The van der Waals surface area contributed by atoms with Crippen molar-refractivity contribution < 1.29 is 4.79 Å². The van der Waals surface area contributed by atoms with Crippen molar-refractivity contribution >= 4 is 5.91 Å². The molecule has 1 N–H and O–H groups in total. The van der Waals surface area contributed by atoms with E-state index in [1.165, 1.54) is 19.3 Å². The van der Waals surface area contributed by atoms with E-state index < -0.39 is 0 Å². The third kappa shape index (κ3) is 3.53. The van der Waals surface area contributed by atoms with E-state index in [2.05, 4.69) is 19.9 Å². The summed E-state index contributed by atoms with van der Waals surface area (Å²) >= 11 is 0. The number of rotatable bonds is 3. The number of H-pyrrole nitrogens is 1. The minimum absolute atomic E-state index is 0.124. The van der Waals surface area contributed by atoms with Crippen molar-refractivity contribution in [2.24, 2.45) is 0 Å². The van der Waals surface area contributed by atoms with Gasteiger partial charge in [0.15, 0.2) is 5.82 Å². The molecule has 4 rings (SSSR count). The van der Waals surface area contributed by atoms with E-state index in [1.54, 1.807) is 6.20 Å². The molecule has 4 heterocycles. The third-order valence-electron chi connectivity index (χ3n) is 5.14. The zero-order valence-electron chi connectivity index (χ0n) is 14.8. The molecule has 0 bridgehead atoms. The van der Waals surface area contributed by atoms with Gasteiger partial charge < -0.3 is 9.88 Å². The van der Waals surface area contributed by atoms with E-state index in [9.17, 15) is 9.59 Å². The number of carbonyl (C=O) groups is 1. The van der Waals surface area contributed by atoms with Crippen molar-refractivity contribution in [3.05, 3.63) is 46.0 Å². The molecule has 0 atom stereocenters. The van der Waals surface area contributed by atoms with Crippen LogP contribution in [0.3, 0.4) is 0 Å². The fourth-order valence-corrected chi connectivity index (χ4v) is 3.69. The van der Waals surface area contributed by atoms with Crippen LogP contribution in [0.25, 0.3) is 11.5 Å². The lowest BCUT2D eigenvalue weighted by molar-refractivity contribution is -0.133. The van der Waals surface area contributed by atoms with E-state index in [-0.39, 0.29) is 11.5 Å². The van der Waals surface area contributed by atoms with Crippen molar-refractivity contribution in [2.75, 3.05) is 26.2 Å². The quantitative estimate of drug-likeness (QED) is 0.897. The summed E-state index contributed by atoms with van der Waals surface area (Å²) in [5.41, 5.74) is 1.88. The molecule has 26 heavy (non-hydrogen) atoms. The van der Waals surface area contributed by atoms with E-state index in [0.717, 1.165) is 13.1 Å². The van der Waals surface area contributed by atoms with E-state index >= 15 is 0 Å². The molecule has 0 radical (unpaired) electrons. The monoisotopic (exact) mass is 353 g/mol. The molecule has 1 fully saturated rings. The molecule has 2 aliphatic heterocycles. The zero-order chi connectivity index (χ0) is 17.9. The lowest BCUT2D eigenvalue weighted by Crippen LogP contribution is -2.45. The Hall–Kier alpha value is -2.54. The number of hydrogen-bond donors (Lipinski definition) is 1. The van der Waals surface area contributed by atoms with Gasteiger partial charge in [0.2, 0.25) is 5.91 Å². The van der Waals surface area contributed by atoms with Crippen LogP contribution in [0.2, 0.25) is 0 Å². The average molecular weight is 353 g/mol. The SMILES string of the molecule is O=C(CN1CCCCC1)N1CCc2c(nc(-c3ccccn3)[nH]c2=O)C1. The van der Waals surface area contributed by atoms with Gasteiger partial charge in [-0.15, -0.1) is 0 Å². The Labute approximate surface area is 152 Å². The number of aromatic amines is 1. The average Bonchev–Trinajstić information content (AvgIpc) is 2.69. The summed E-state index contributed by atoms with van der Waals surface area (Å²) in [5, 5.41) is 0. The smallest absolute Gasteiger partial charge is 0.254 e. The van der Waals surface area contributed by atoms with Crippen LogP contribution in [-0.4, -0.2) is 56.8 Å². The molecule has 0 aromatic carbocycles. The lowest BCUT2D eigenvalue weighted by atomic mass is 10.1. The van der Waals surface area contributed by atoms with Crippen molar-refractivity contribution in [3.8, 4) is 11.5 Å². The number of aromatic nitrogens is 3. The normalized spacial score (nSPS) is 17.8. The summed E-state index contributed by atoms with van der Waals surface area (Å²) in [6.07, 6.45) is 5.81. The zero-order valence-corrected chi connectivity index (χ0v) is 14.8. The Kier molecular flexibility index (Phi) is 4.79. The molecular weight excluding hydrogens is 330 g/mol. The van der Waals surface area contributed by atoms with Crippen molar-refractivity contribution in [2.45, 2.75) is 32.2 Å². The summed E-state index contributed by atoms with van der Waals surface area (Å²) in [6.45, 7) is 3.43. The number of nitrogens with zero attached hydrogens (tertiary/aromatic N) is 4. The first-order valence-electron chi connectivity index (χ1n) is 9.24. The van der Waals surface area contributed by atoms with Gasteiger partial charge in [-0.25, -0.2) is 4.98 Å². The molecule has 7 nitrogen and oxygen atoms in total. The van der Waals surface area contributed by atoms with Crippen LogP contribution in [-0.2, 0) is 17.8 Å². The summed E-state index contributed by atoms with van der Waals surface area (Å²) in [6, 6.07) is 5.49. The van der Waals surface area contributed by atoms with Crippen LogP contribution in [0.15, 0.2) is 29.2 Å². The number of fused-ring (bicyclic) bond motifs is 1. The number of amides is 1. The Morgan fingerprint density at radius 3 is 2.77 bits per heavy atom. The van der Waals surface area contributed by atoms with Gasteiger partial charge in [0, 0.05) is 18.3 Å². The molecule has 2 aromatic heterocycles. The highest BCUT2D eigenvalue weighted by Crippen LogP contribution is 2.18. The molecule has 2 aromatic rings. The fraction of sp³-hybridized carbons (Fsp3) is 0.474. The molecule has 1 saturated heterocycles. The van der Waals surface area contributed by atoms with Gasteiger partial charge in [-0.1, -0.05) is 12.5 Å². The molecule has 0 spiro atoms. The van der Waals surface area contributed by atoms with E-state index in [0.29, 0.717) is 48.8 Å². The number of piperidine rings is 1. The summed E-state index contributed by atoms with van der Waals surface area (Å²) in [5.74, 6) is 0.582. The van der Waals surface area contributed by atoms with Gasteiger partial charge in [0.25, 0.3) is 5.56 Å². The number of carbonyl (C=O) groups excluding carboxylic acids is 1. The maximum absolute atomic E-state index is 12.7. The largest absolute Gasteiger partial charge is 0.335 e. The number of pyridine rings is 1. The second-order valence-corrected chi connectivity index (χ2v) is 6.96. The predicted molar refractivity (Wildman–Crippen MR) is 97.5 cm³/mol. The number of likely N-dealkylation sites (tertiary alicyclic amines) is 1. The standard InChI is InChI=1S/C19H23N5O2/c25-17(13-23-9-4-1-5-10-23)24-11-7-14-16(12-24)21-18(22-19(14)26)15-6-2-3-8-20-15/h2-3,6,8H,1,4-5,7,9-13H2,(H,21,22,26). The number of nitrogens with one attached hydrogen (secondary N) is 1. The molecule has 2 aliphatic rings. The molecule has 1 amide bonds. The Bertz CT molecular complexity index is 843. The maximum atomic E-state index is 12.7. The molecule has 0 unspecified atom stereocenters. The van der Waals surface area contributed by atoms with Crippen LogP contribution in [0, 0.1) is 0 Å². The van der Waals surface area contributed by atoms with Gasteiger partial charge in [-0.05, 0) is 44.5 Å². The fourth-order valence-electron chi connectivity index (χ4n) is 3.69. The Morgan fingerprint density at radius 2 is 2.00 bits per heavy atom. The molecule has 0 aliphatic carbocycles. The molecular formula is C19H23N5O2. The first-order valence-corrected chi connectivity index (χ1v) is 9.24. The first kappa shape index (κ1) is 16.9. The van der Waals surface area contributed by atoms with Crippen molar-refractivity contribution in [1.82, 2.24) is 24.8 Å². The van der Waals surface area contributed by atoms with Crippen molar-refractivity contribution in [1.29, 1.82) is 0 Å². The van der Waals surface area contributed by atoms with Crippen LogP contribution in [0.4, 0.5) is 0 Å². The molecule has 0 saturated carbocycles. The minimum Gasteiger partial charge on any atom is -0.335 e. The highest BCUT2D eigenvalue weighted by atomic mass is 16.2. The Balaban J connectivity index is 1.53. The molecule has 136 valence electrons. The van der Waals surface area contributed by atoms with Crippen LogP contribution in [0.1, 0.15) is 30.5 Å². The topological polar surface area (TPSA) is 82.2 Å². The van der Waals surface area contributed by atoms with E-state index in [4.69, 9.17) is 0 Å². The number of hydrogen-bond acceptors (Lipinski definition) is 5. The van der Waals surface area contributed by atoms with Crippen LogP contribution in [0.5, 0.6) is 0 Å². The van der Waals surface area contributed by atoms with Gasteiger partial charge in [0.05, 0.1) is 18.8 Å².